The van der Waals surface area contributed by atoms with E-state index in [4.69, 9.17) is 4.42 Å². The Morgan fingerprint density at radius 3 is 2.57 bits per heavy atom. The third-order valence-electron chi connectivity index (χ3n) is 4.95. The summed E-state index contributed by atoms with van der Waals surface area (Å²) in [4.78, 5) is 12.1. The van der Waals surface area contributed by atoms with E-state index in [-0.39, 0.29) is 22.3 Å². The van der Waals surface area contributed by atoms with Crippen LogP contribution in [0.3, 0.4) is 0 Å². The molecule has 2 aromatic rings. The van der Waals surface area contributed by atoms with Gasteiger partial charge < -0.3 is 14.6 Å². The van der Waals surface area contributed by atoms with Gasteiger partial charge in [-0.2, -0.15) is 4.31 Å². The van der Waals surface area contributed by atoms with E-state index in [9.17, 15) is 18.5 Å². The van der Waals surface area contributed by atoms with Crippen LogP contribution in [0.1, 0.15) is 24.6 Å². The van der Waals surface area contributed by atoms with Gasteiger partial charge in [-0.3, -0.25) is 10.1 Å². The molecule has 152 valence electrons. The molecular weight excluding hydrogens is 384 g/mol. The van der Waals surface area contributed by atoms with Gasteiger partial charge >= 0.3 is 0 Å². The normalized spacial score (nSPS) is 16.4. The molecule has 3 rings (SSSR count). The van der Waals surface area contributed by atoms with Gasteiger partial charge in [0.15, 0.2) is 11.8 Å². The van der Waals surface area contributed by atoms with Crippen LogP contribution in [0.15, 0.2) is 45.9 Å². The molecule has 0 bridgehead atoms. The summed E-state index contributed by atoms with van der Waals surface area (Å²) in [6.07, 6.45) is 3.20. The molecule has 1 atom stereocenters. The smallest absolute Gasteiger partial charge is 0.293 e. The summed E-state index contributed by atoms with van der Waals surface area (Å²) in [5, 5.41) is 14.6. The Labute approximate surface area is 164 Å². The molecule has 9 nitrogen and oxygen atoms in total. The third-order valence-corrected chi connectivity index (χ3v) is 6.84. The Morgan fingerprint density at radius 2 is 2.00 bits per heavy atom. The van der Waals surface area contributed by atoms with Gasteiger partial charge in [-0.1, -0.05) is 0 Å². The first-order valence-corrected chi connectivity index (χ1v) is 10.6. The van der Waals surface area contributed by atoms with Crippen molar-refractivity contribution >= 4 is 21.4 Å². The van der Waals surface area contributed by atoms with E-state index in [0.29, 0.717) is 19.6 Å². The number of benzene rings is 1. The number of nitro benzene ring substituents is 1. The van der Waals surface area contributed by atoms with Crippen LogP contribution in [0.25, 0.3) is 0 Å². The second-order valence-corrected chi connectivity index (χ2v) is 9.01. The third kappa shape index (κ3) is 4.18. The maximum atomic E-state index is 12.7. The lowest BCUT2D eigenvalue weighted by atomic mass is 10.2. The zero-order chi connectivity index (χ0) is 20.3. The Bertz CT molecular complexity index is 921. The van der Waals surface area contributed by atoms with Crippen molar-refractivity contribution in [2.45, 2.75) is 23.8 Å². The maximum Gasteiger partial charge on any atom is 0.293 e. The largest absolute Gasteiger partial charge is 0.463 e. The lowest BCUT2D eigenvalue weighted by Gasteiger charge is -2.20. The fraction of sp³-hybridized carbons (Fsp3) is 0.444. The molecule has 1 aliphatic rings. The molecule has 10 heteroatoms. The monoisotopic (exact) mass is 409 g/mol. The van der Waals surface area contributed by atoms with Gasteiger partial charge in [-0.05, 0) is 37.1 Å². The number of anilines is 1. The minimum absolute atomic E-state index is 0.0486. The maximum absolute atomic E-state index is 12.7. The van der Waals surface area contributed by atoms with E-state index in [0.717, 1.165) is 29.6 Å². The number of quaternary nitrogens is 1. The van der Waals surface area contributed by atoms with Crippen molar-refractivity contribution in [3.63, 3.8) is 0 Å². The van der Waals surface area contributed by atoms with Crippen LogP contribution >= 0.6 is 0 Å². The highest BCUT2D eigenvalue weighted by Crippen LogP contribution is 2.30. The number of nitrogens with one attached hydrogen (secondary N) is 2. The van der Waals surface area contributed by atoms with Crippen LogP contribution in [0, 0.1) is 10.1 Å². The van der Waals surface area contributed by atoms with Gasteiger partial charge in [-0.15, -0.1) is 0 Å². The molecule has 0 spiro atoms. The predicted molar refractivity (Wildman–Crippen MR) is 104 cm³/mol. The number of rotatable bonds is 8. The second-order valence-electron chi connectivity index (χ2n) is 7.07. The molecule has 0 saturated carbocycles. The lowest BCUT2D eigenvalue weighted by molar-refractivity contribution is -0.891. The van der Waals surface area contributed by atoms with E-state index in [1.807, 2.05) is 20.2 Å². The summed E-state index contributed by atoms with van der Waals surface area (Å²) in [6, 6.07) is 7.63. The van der Waals surface area contributed by atoms with Gasteiger partial charge in [0.1, 0.15) is 5.69 Å². The molecule has 0 amide bonds. The topological polar surface area (TPSA) is 110 Å². The van der Waals surface area contributed by atoms with E-state index in [1.165, 1.54) is 16.4 Å². The number of likely N-dealkylation sites (N-methyl/N-ethyl adjacent to an activating group) is 1. The van der Waals surface area contributed by atoms with Gasteiger partial charge in [0, 0.05) is 19.2 Å². The quantitative estimate of drug-likeness (QED) is 0.502. The molecule has 0 unspecified atom stereocenters. The predicted octanol–water partition coefficient (Wildman–Crippen LogP) is 1.27. The minimum Gasteiger partial charge on any atom is -0.463 e. The molecule has 2 heterocycles. The Kier molecular flexibility index (Phi) is 6.01. The first-order valence-electron chi connectivity index (χ1n) is 9.16. The average Bonchev–Trinajstić information content (AvgIpc) is 3.36. The minimum atomic E-state index is -3.71. The zero-order valence-electron chi connectivity index (χ0n) is 15.9. The van der Waals surface area contributed by atoms with Crippen LogP contribution in [-0.4, -0.2) is 51.4 Å². The fourth-order valence-electron chi connectivity index (χ4n) is 3.34. The molecule has 1 aromatic carbocycles. The molecule has 1 aliphatic heterocycles. The summed E-state index contributed by atoms with van der Waals surface area (Å²) in [5.74, 6) is 0.767. The molecular formula is C18H25N4O5S+. The van der Waals surface area contributed by atoms with Gasteiger partial charge in [0.25, 0.3) is 5.69 Å². The van der Waals surface area contributed by atoms with E-state index in [1.54, 1.807) is 12.3 Å². The highest BCUT2D eigenvalue weighted by atomic mass is 32.2. The molecule has 1 aromatic heterocycles. The summed E-state index contributed by atoms with van der Waals surface area (Å²) < 4.78 is 32.2. The number of nitro groups is 1. The van der Waals surface area contributed by atoms with Crippen LogP contribution in [0.2, 0.25) is 0 Å². The van der Waals surface area contributed by atoms with Crippen molar-refractivity contribution in [2.75, 3.05) is 39.0 Å². The SMILES string of the molecule is C[NH+](C)[C@@H](CNc1ccc(S(=O)(=O)N2CCCC2)cc1[N+](=O)[O-])c1ccco1. The summed E-state index contributed by atoms with van der Waals surface area (Å²) in [7, 11) is 0.225. The fourth-order valence-corrected chi connectivity index (χ4v) is 4.88. The number of hydrogen-bond donors (Lipinski definition) is 2. The highest BCUT2D eigenvalue weighted by molar-refractivity contribution is 7.89. The van der Waals surface area contributed by atoms with Crippen LogP contribution < -0.4 is 10.2 Å². The van der Waals surface area contributed by atoms with Crippen molar-refractivity contribution in [3.8, 4) is 0 Å². The zero-order valence-corrected chi connectivity index (χ0v) is 16.7. The lowest BCUT2D eigenvalue weighted by Crippen LogP contribution is -3.06. The number of furan rings is 1. The van der Waals surface area contributed by atoms with E-state index in [2.05, 4.69) is 5.32 Å². The van der Waals surface area contributed by atoms with Crippen LogP contribution in [0.4, 0.5) is 11.4 Å². The number of sulfonamides is 1. The molecule has 0 aliphatic carbocycles. The average molecular weight is 409 g/mol. The van der Waals surface area contributed by atoms with Gasteiger partial charge in [0.05, 0.1) is 36.7 Å². The first kappa shape index (κ1) is 20.3. The van der Waals surface area contributed by atoms with Crippen molar-refractivity contribution in [1.82, 2.24) is 4.31 Å². The van der Waals surface area contributed by atoms with Crippen LogP contribution in [0.5, 0.6) is 0 Å². The standard InChI is InChI=1S/C18H24N4O5S/c1-20(2)17(18-6-5-11-27-18)13-19-15-8-7-14(12-16(15)22(23)24)28(25,26)21-9-3-4-10-21/h5-8,11-12,17,19H,3-4,9-10,13H2,1-2H3/p+1/t17-/m0/s1. The summed E-state index contributed by atoms with van der Waals surface area (Å²) in [6.45, 7) is 1.30. The first-order chi connectivity index (χ1) is 13.3. The molecule has 2 N–H and O–H groups in total. The van der Waals surface area contributed by atoms with Crippen molar-refractivity contribution in [1.29, 1.82) is 0 Å². The molecule has 1 fully saturated rings. The highest BCUT2D eigenvalue weighted by Gasteiger charge is 2.30. The Balaban J connectivity index is 1.84. The number of hydrogen-bond acceptors (Lipinski definition) is 6. The summed E-state index contributed by atoms with van der Waals surface area (Å²) >= 11 is 0. The summed E-state index contributed by atoms with van der Waals surface area (Å²) in [5.41, 5.74) is 0.0235. The van der Waals surface area contributed by atoms with Crippen molar-refractivity contribution in [3.05, 3.63) is 52.5 Å². The van der Waals surface area contributed by atoms with E-state index >= 15 is 0 Å². The van der Waals surface area contributed by atoms with Gasteiger partial charge in [-0.25, -0.2) is 8.42 Å². The molecule has 0 radical (unpaired) electrons. The molecule has 28 heavy (non-hydrogen) atoms. The number of nitrogens with zero attached hydrogens (tertiary/aromatic N) is 2. The Hall–Kier alpha value is -2.43. The van der Waals surface area contributed by atoms with Crippen molar-refractivity contribution < 1.29 is 22.7 Å². The Morgan fingerprint density at radius 1 is 1.29 bits per heavy atom. The van der Waals surface area contributed by atoms with Crippen LogP contribution in [-0.2, 0) is 10.0 Å². The van der Waals surface area contributed by atoms with E-state index < -0.39 is 14.9 Å². The van der Waals surface area contributed by atoms with Gasteiger partial charge in [0.2, 0.25) is 10.0 Å². The molecule has 1 saturated heterocycles. The van der Waals surface area contributed by atoms with Crippen molar-refractivity contribution in [2.24, 2.45) is 0 Å². The second kappa shape index (κ2) is 8.29.